The summed E-state index contributed by atoms with van der Waals surface area (Å²) in [6.07, 6.45) is 2.14. The maximum atomic E-state index is 13.7. The Morgan fingerprint density at radius 1 is 1.14 bits per heavy atom. The summed E-state index contributed by atoms with van der Waals surface area (Å²) in [5, 5.41) is 16.6. The minimum atomic E-state index is -0.994. The van der Waals surface area contributed by atoms with E-state index in [0.29, 0.717) is 41.5 Å². The van der Waals surface area contributed by atoms with E-state index in [9.17, 15) is 19.1 Å². The molecule has 1 heterocycles. The average molecular weight is 512 g/mol. The van der Waals surface area contributed by atoms with Crippen LogP contribution >= 0.6 is 0 Å². The van der Waals surface area contributed by atoms with Crippen molar-refractivity contribution in [1.29, 1.82) is 0 Å². The third kappa shape index (κ3) is 7.31. The molecule has 0 saturated heterocycles. The Morgan fingerprint density at radius 3 is 2.46 bits per heavy atom. The van der Waals surface area contributed by atoms with Gasteiger partial charge >= 0.3 is 5.97 Å². The number of aromatic nitrogens is 2. The van der Waals surface area contributed by atoms with E-state index in [1.54, 1.807) is 31.4 Å². The lowest BCUT2D eigenvalue weighted by molar-refractivity contribution is -0.137. The highest BCUT2D eigenvalue weighted by Gasteiger charge is 2.25. The number of hydrogen-bond donors (Lipinski definition) is 2. The number of carboxylic acid groups (broad SMARTS) is 1. The van der Waals surface area contributed by atoms with Crippen LogP contribution in [-0.2, 0) is 4.79 Å². The van der Waals surface area contributed by atoms with Gasteiger partial charge in [0.25, 0.3) is 5.91 Å². The molecule has 198 valence electrons. The summed E-state index contributed by atoms with van der Waals surface area (Å²) < 4.78 is 26.9. The van der Waals surface area contributed by atoms with Crippen LogP contribution in [0.5, 0.6) is 11.5 Å². The molecule has 1 atom stereocenters. The van der Waals surface area contributed by atoms with Gasteiger partial charge in [-0.25, -0.2) is 9.07 Å². The molecule has 2 N–H and O–H groups in total. The van der Waals surface area contributed by atoms with E-state index in [2.05, 4.69) is 17.3 Å². The normalized spacial score (nSPS) is 11.8. The number of benzene rings is 2. The van der Waals surface area contributed by atoms with Gasteiger partial charge in [-0.3, -0.25) is 9.59 Å². The third-order valence-electron chi connectivity index (χ3n) is 5.74. The molecule has 2 aromatic carbocycles. The van der Waals surface area contributed by atoms with Gasteiger partial charge in [0.05, 0.1) is 37.1 Å². The first kappa shape index (κ1) is 27.7. The van der Waals surface area contributed by atoms with Crippen molar-refractivity contribution in [2.24, 2.45) is 5.92 Å². The van der Waals surface area contributed by atoms with Crippen LogP contribution in [0.15, 0.2) is 48.5 Å². The zero-order chi connectivity index (χ0) is 26.9. The van der Waals surface area contributed by atoms with Crippen molar-refractivity contribution in [3.05, 3.63) is 60.0 Å². The molecule has 0 radical (unpaired) electrons. The van der Waals surface area contributed by atoms with Crippen LogP contribution in [0.1, 0.15) is 56.9 Å². The van der Waals surface area contributed by atoms with E-state index in [-0.39, 0.29) is 18.0 Å². The molecule has 0 aliphatic carbocycles. The fraction of sp³-hybridized carbons (Fsp3) is 0.393. The first-order valence-corrected chi connectivity index (χ1v) is 12.4. The van der Waals surface area contributed by atoms with Crippen molar-refractivity contribution in [2.75, 3.05) is 13.7 Å². The van der Waals surface area contributed by atoms with E-state index >= 15 is 0 Å². The summed E-state index contributed by atoms with van der Waals surface area (Å²) >= 11 is 0. The third-order valence-corrected chi connectivity index (χ3v) is 5.74. The number of nitrogens with zero attached hydrogens (tertiary/aromatic N) is 2. The quantitative estimate of drug-likeness (QED) is 0.295. The number of carboxylic acids is 1. The Labute approximate surface area is 216 Å². The molecule has 0 aliphatic heterocycles. The van der Waals surface area contributed by atoms with E-state index in [4.69, 9.17) is 9.47 Å². The fourth-order valence-electron chi connectivity index (χ4n) is 4.06. The number of unbranched alkanes of at least 4 members (excludes halogenated alkanes) is 1. The predicted molar refractivity (Wildman–Crippen MR) is 139 cm³/mol. The molecule has 0 saturated carbocycles. The molecule has 9 heteroatoms. The maximum Gasteiger partial charge on any atom is 0.305 e. The van der Waals surface area contributed by atoms with Crippen LogP contribution in [0, 0.1) is 11.7 Å². The Morgan fingerprint density at radius 2 is 1.84 bits per heavy atom. The number of carbonyl (C=O) groups excluding carboxylic acids is 1. The SMILES string of the molecule is CCCCOc1cccc(OC)c1-c1cc(C(=O)NC(CC(=O)O)CC(C)C)nn1-c1ccc(F)cc1. The summed E-state index contributed by atoms with van der Waals surface area (Å²) in [6.45, 7) is 6.50. The molecule has 1 unspecified atom stereocenters. The molecule has 1 aromatic heterocycles. The fourth-order valence-corrected chi connectivity index (χ4v) is 4.06. The Kier molecular flexibility index (Phi) is 9.65. The number of nitrogens with one attached hydrogen (secondary N) is 1. The lowest BCUT2D eigenvalue weighted by Crippen LogP contribution is -2.37. The molecule has 3 rings (SSSR count). The van der Waals surface area contributed by atoms with Gasteiger partial charge in [0, 0.05) is 6.04 Å². The highest BCUT2D eigenvalue weighted by molar-refractivity contribution is 5.94. The highest BCUT2D eigenvalue weighted by Crippen LogP contribution is 2.40. The van der Waals surface area contributed by atoms with Crippen LogP contribution in [0.25, 0.3) is 16.9 Å². The Bertz CT molecular complexity index is 1210. The van der Waals surface area contributed by atoms with Crippen molar-refractivity contribution in [3.8, 4) is 28.4 Å². The molecular formula is C28H34FN3O5. The van der Waals surface area contributed by atoms with Gasteiger partial charge in [-0.05, 0) is 61.2 Å². The second kappa shape index (κ2) is 12.9. The summed E-state index contributed by atoms with van der Waals surface area (Å²) in [4.78, 5) is 24.6. The number of amides is 1. The monoisotopic (exact) mass is 511 g/mol. The van der Waals surface area contributed by atoms with Gasteiger partial charge in [0.15, 0.2) is 5.69 Å². The standard InChI is InChI=1S/C28H34FN3O5/c1-5-6-14-37-25-9-7-8-24(36-4)27(25)23-17-22(31-32(23)21-12-10-19(29)11-13-21)28(35)30-20(15-18(2)3)16-26(33)34/h7-13,17-18,20H,5-6,14-16H2,1-4H3,(H,30,35)(H,33,34). The second-order valence-corrected chi connectivity index (χ2v) is 9.24. The van der Waals surface area contributed by atoms with Crippen LogP contribution < -0.4 is 14.8 Å². The zero-order valence-electron chi connectivity index (χ0n) is 21.7. The van der Waals surface area contributed by atoms with Gasteiger partial charge in [0.2, 0.25) is 0 Å². The lowest BCUT2D eigenvalue weighted by Gasteiger charge is -2.18. The molecule has 8 nitrogen and oxygen atoms in total. The maximum absolute atomic E-state index is 13.7. The van der Waals surface area contributed by atoms with Crippen LogP contribution in [0.2, 0.25) is 0 Å². The van der Waals surface area contributed by atoms with Crippen molar-refractivity contribution in [1.82, 2.24) is 15.1 Å². The molecular weight excluding hydrogens is 477 g/mol. The number of carbonyl (C=O) groups is 2. The first-order chi connectivity index (χ1) is 17.7. The van der Waals surface area contributed by atoms with Crippen LogP contribution in [-0.4, -0.2) is 46.5 Å². The van der Waals surface area contributed by atoms with E-state index in [0.717, 1.165) is 12.8 Å². The smallest absolute Gasteiger partial charge is 0.305 e. The number of ether oxygens (including phenoxy) is 2. The van der Waals surface area contributed by atoms with E-state index in [1.807, 2.05) is 26.0 Å². The van der Waals surface area contributed by atoms with Gasteiger partial charge in [-0.15, -0.1) is 0 Å². The van der Waals surface area contributed by atoms with Crippen LogP contribution in [0.3, 0.4) is 0 Å². The average Bonchev–Trinajstić information content (AvgIpc) is 3.28. The summed E-state index contributed by atoms with van der Waals surface area (Å²) in [7, 11) is 1.54. The Balaban J connectivity index is 2.10. The first-order valence-electron chi connectivity index (χ1n) is 12.4. The van der Waals surface area contributed by atoms with Crippen molar-refractivity contribution in [2.45, 2.75) is 52.5 Å². The minimum Gasteiger partial charge on any atom is -0.496 e. The Hall–Kier alpha value is -3.88. The van der Waals surface area contributed by atoms with Crippen molar-refractivity contribution >= 4 is 11.9 Å². The number of halogens is 1. The molecule has 0 spiro atoms. The summed E-state index contributed by atoms with van der Waals surface area (Å²) in [5.41, 5.74) is 1.73. The van der Waals surface area contributed by atoms with Gasteiger partial charge in [0.1, 0.15) is 17.3 Å². The summed E-state index contributed by atoms with van der Waals surface area (Å²) in [5.74, 6) is -0.627. The summed E-state index contributed by atoms with van der Waals surface area (Å²) in [6, 6.07) is 12.2. The van der Waals surface area contributed by atoms with Gasteiger partial charge in [-0.1, -0.05) is 33.3 Å². The zero-order valence-corrected chi connectivity index (χ0v) is 21.7. The molecule has 0 aliphatic rings. The number of hydrogen-bond acceptors (Lipinski definition) is 5. The van der Waals surface area contributed by atoms with E-state index in [1.165, 1.54) is 16.8 Å². The van der Waals surface area contributed by atoms with Gasteiger partial charge in [-0.2, -0.15) is 5.10 Å². The topological polar surface area (TPSA) is 103 Å². The molecule has 1 amide bonds. The largest absolute Gasteiger partial charge is 0.496 e. The molecule has 0 bridgehead atoms. The van der Waals surface area contributed by atoms with Crippen molar-refractivity contribution in [3.63, 3.8) is 0 Å². The van der Waals surface area contributed by atoms with Gasteiger partial charge < -0.3 is 19.9 Å². The van der Waals surface area contributed by atoms with E-state index < -0.39 is 23.7 Å². The molecule has 37 heavy (non-hydrogen) atoms. The lowest BCUT2D eigenvalue weighted by atomic mass is 10.0. The number of rotatable bonds is 13. The minimum absolute atomic E-state index is 0.0869. The second-order valence-electron chi connectivity index (χ2n) is 9.24. The molecule has 3 aromatic rings. The predicted octanol–water partition coefficient (Wildman–Crippen LogP) is 5.49. The highest BCUT2D eigenvalue weighted by atomic mass is 19.1. The number of aliphatic carboxylic acids is 1. The molecule has 0 fully saturated rings. The van der Waals surface area contributed by atoms with Crippen molar-refractivity contribution < 1.29 is 28.6 Å². The number of methoxy groups -OCH3 is 1. The van der Waals surface area contributed by atoms with Crippen LogP contribution in [0.4, 0.5) is 4.39 Å².